The first-order chi connectivity index (χ1) is 13.3. The van der Waals surface area contributed by atoms with Gasteiger partial charge in [-0.2, -0.15) is 0 Å². The average Bonchev–Trinajstić information content (AvgIpc) is 3.12. The van der Waals surface area contributed by atoms with E-state index in [-0.39, 0.29) is 0 Å². The fourth-order valence-corrected chi connectivity index (χ4v) is 5.65. The monoisotopic (exact) mass is 371 g/mol. The first-order valence-corrected chi connectivity index (χ1v) is 10.8. The van der Waals surface area contributed by atoms with Crippen molar-refractivity contribution in [2.75, 3.05) is 0 Å². The van der Waals surface area contributed by atoms with E-state index in [0.29, 0.717) is 0 Å². The summed E-state index contributed by atoms with van der Waals surface area (Å²) in [7, 11) is 1.65. The molecule has 0 fully saturated rings. The summed E-state index contributed by atoms with van der Waals surface area (Å²) in [4.78, 5) is 0. The molecule has 0 aliphatic carbocycles. The third kappa shape index (κ3) is 4.53. The molecule has 4 rings (SSSR count). The molecule has 0 aliphatic rings. The molecule has 3 aromatic carbocycles. The quantitative estimate of drug-likeness (QED) is 0.358. The maximum absolute atomic E-state index is 2.36. The second-order valence-electron chi connectivity index (χ2n) is 6.83. The average molecular weight is 371 g/mol. The molecule has 0 aliphatic heterocycles. The third-order valence-electron chi connectivity index (χ3n) is 4.66. The molecule has 4 aromatic rings. The highest BCUT2D eigenvalue weighted by Crippen LogP contribution is 2.37. The molecule has 134 valence electrons. The summed E-state index contributed by atoms with van der Waals surface area (Å²) in [6.45, 7) is 0.906. The number of hydrogen-bond acceptors (Lipinski definition) is 0. The van der Waals surface area contributed by atoms with E-state index in [1.807, 2.05) is 0 Å². The molecule has 0 amide bonds. The number of rotatable bonds is 6. The van der Waals surface area contributed by atoms with Gasteiger partial charge in [0.05, 0.1) is 7.05 Å². The lowest BCUT2D eigenvalue weighted by Crippen LogP contribution is -2.23. The Labute approximate surface area is 162 Å². The van der Waals surface area contributed by atoms with Crippen LogP contribution < -0.4 is 15.2 Å². The minimum atomic E-state index is -0.406. The minimum Gasteiger partial charge on any atom is -0.240 e. The van der Waals surface area contributed by atoms with E-state index in [1.54, 1.807) is 0 Å². The van der Waals surface area contributed by atoms with Crippen LogP contribution in [0.5, 0.6) is 0 Å². The second kappa shape index (κ2) is 8.33. The lowest BCUT2D eigenvalue weighted by molar-refractivity contribution is -0.671. The smallest absolute Gasteiger partial charge is 0.240 e. The van der Waals surface area contributed by atoms with E-state index >= 15 is 0 Å². The Hall–Kier alpha value is -2.70. The Morgan fingerprint density at radius 2 is 1.41 bits per heavy atom. The van der Waals surface area contributed by atoms with E-state index in [0.717, 1.165) is 12.7 Å². The zero-order valence-corrected chi connectivity index (χ0v) is 16.5. The Morgan fingerprint density at radius 1 is 0.778 bits per heavy atom. The summed E-state index contributed by atoms with van der Waals surface area (Å²) in [5.74, 6) is 0. The zero-order chi connectivity index (χ0) is 18.5. The van der Waals surface area contributed by atoms with Crippen molar-refractivity contribution >= 4 is 18.5 Å². The Balaban J connectivity index is 1.60. The second-order valence-corrected chi connectivity index (χ2v) is 9.03. The third-order valence-corrected chi connectivity index (χ3v) is 7.18. The molecule has 3 heteroatoms. The lowest BCUT2D eigenvalue weighted by Gasteiger charge is -2.19. The van der Waals surface area contributed by atoms with Crippen molar-refractivity contribution in [1.82, 2.24) is 4.57 Å². The topological polar surface area (TPSA) is 8.81 Å². The van der Waals surface area contributed by atoms with Gasteiger partial charge in [-0.3, -0.25) is 0 Å². The first-order valence-electron chi connectivity index (χ1n) is 9.24. The molecular weight excluding hydrogens is 347 g/mol. The van der Waals surface area contributed by atoms with Crippen LogP contribution in [0, 0.1) is 0 Å². The minimum absolute atomic E-state index is 0.406. The molecule has 0 saturated heterocycles. The molecule has 0 saturated carbocycles. The van der Waals surface area contributed by atoms with Gasteiger partial charge in [-0.25, -0.2) is 9.13 Å². The Morgan fingerprint density at radius 3 is 2.00 bits per heavy atom. The summed E-state index contributed by atoms with van der Waals surface area (Å²) in [5.41, 5.74) is 2.75. The highest BCUT2D eigenvalue weighted by Gasteiger charge is 2.14. The summed E-state index contributed by atoms with van der Waals surface area (Å²) < 4.78 is 4.30. The molecule has 2 nitrogen and oxygen atoms in total. The van der Waals surface area contributed by atoms with Crippen LogP contribution in [0.2, 0.25) is 0 Å². The highest BCUT2D eigenvalue weighted by atomic mass is 31.1. The van der Waals surface area contributed by atoms with Crippen molar-refractivity contribution in [2.45, 2.75) is 12.7 Å². The number of aromatic nitrogens is 2. The molecule has 0 unspecified atom stereocenters. The van der Waals surface area contributed by atoms with Gasteiger partial charge >= 0.3 is 0 Å². The van der Waals surface area contributed by atoms with E-state index in [1.165, 1.54) is 21.7 Å². The van der Waals surface area contributed by atoms with Crippen LogP contribution in [0.15, 0.2) is 104 Å². The molecule has 0 bridgehead atoms. The molecular formula is C24H24N2P+. The standard InChI is InChI=1S/C24H24N2P/c1-25-15-16-26(20-25)18-21-9-8-10-22(17-21)19-27(23-11-4-2-5-12-23)24-13-6-3-7-14-24/h2-17,20H,18-19H2,1H3/q+1. The van der Waals surface area contributed by atoms with Gasteiger partial charge < -0.3 is 0 Å². The van der Waals surface area contributed by atoms with E-state index in [4.69, 9.17) is 0 Å². The van der Waals surface area contributed by atoms with Gasteiger partial charge in [0.15, 0.2) is 0 Å². The van der Waals surface area contributed by atoms with Crippen molar-refractivity contribution in [1.29, 1.82) is 0 Å². The van der Waals surface area contributed by atoms with Gasteiger partial charge in [0.2, 0.25) is 6.33 Å². The largest absolute Gasteiger partial charge is 0.243 e. The van der Waals surface area contributed by atoms with E-state index in [2.05, 4.69) is 120 Å². The first kappa shape index (κ1) is 17.7. The van der Waals surface area contributed by atoms with Crippen molar-refractivity contribution in [3.8, 4) is 0 Å². The summed E-state index contributed by atoms with van der Waals surface area (Å²) >= 11 is 0. The Bertz CT molecular complexity index is 954. The SMILES string of the molecule is C[n+]1ccn(Cc2cccc(CP(c3ccccc3)c3ccccc3)c2)c1. The number of hydrogen-bond donors (Lipinski definition) is 0. The maximum Gasteiger partial charge on any atom is 0.243 e. The van der Waals surface area contributed by atoms with Gasteiger partial charge in [-0.1, -0.05) is 84.9 Å². The van der Waals surface area contributed by atoms with Crippen molar-refractivity contribution < 1.29 is 4.57 Å². The lowest BCUT2D eigenvalue weighted by atomic mass is 10.1. The van der Waals surface area contributed by atoms with Crippen LogP contribution in [-0.2, 0) is 19.8 Å². The van der Waals surface area contributed by atoms with Gasteiger partial charge in [0.25, 0.3) is 0 Å². The van der Waals surface area contributed by atoms with E-state index in [9.17, 15) is 0 Å². The van der Waals surface area contributed by atoms with Crippen LogP contribution in [0.1, 0.15) is 11.1 Å². The van der Waals surface area contributed by atoms with Gasteiger partial charge in [-0.15, -0.1) is 0 Å². The van der Waals surface area contributed by atoms with Gasteiger partial charge in [-0.05, 0) is 29.7 Å². The van der Waals surface area contributed by atoms with E-state index < -0.39 is 7.92 Å². The fraction of sp³-hybridized carbons (Fsp3) is 0.125. The normalized spacial score (nSPS) is 11.0. The van der Waals surface area contributed by atoms with Crippen LogP contribution in [0.4, 0.5) is 0 Å². The number of imidazole rings is 1. The predicted octanol–water partition coefficient (Wildman–Crippen LogP) is 3.99. The van der Waals surface area contributed by atoms with Crippen LogP contribution in [0.3, 0.4) is 0 Å². The molecule has 0 atom stereocenters. The zero-order valence-electron chi connectivity index (χ0n) is 15.6. The summed E-state index contributed by atoms with van der Waals surface area (Å²) in [6, 6.07) is 30.9. The number of aryl methyl sites for hydroxylation is 1. The molecule has 0 spiro atoms. The van der Waals surface area contributed by atoms with Gasteiger partial charge in [0, 0.05) is 6.16 Å². The predicted molar refractivity (Wildman–Crippen MR) is 114 cm³/mol. The van der Waals surface area contributed by atoms with Gasteiger partial charge in [0.1, 0.15) is 18.9 Å². The van der Waals surface area contributed by atoms with Crippen molar-refractivity contribution in [3.63, 3.8) is 0 Å². The molecule has 1 aromatic heterocycles. The molecule has 0 radical (unpaired) electrons. The maximum atomic E-state index is 2.36. The number of nitrogens with zero attached hydrogens (tertiary/aromatic N) is 2. The highest BCUT2D eigenvalue weighted by molar-refractivity contribution is 7.72. The molecule has 27 heavy (non-hydrogen) atoms. The summed E-state index contributed by atoms with van der Waals surface area (Å²) in [5, 5.41) is 2.86. The number of benzene rings is 3. The Kier molecular flexibility index (Phi) is 5.46. The van der Waals surface area contributed by atoms with Crippen molar-refractivity contribution in [3.05, 3.63) is 115 Å². The van der Waals surface area contributed by atoms with Crippen LogP contribution in [-0.4, -0.2) is 4.57 Å². The fourth-order valence-electron chi connectivity index (χ4n) is 3.36. The molecule has 1 heterocycles. The van der Waals surface area contributed by atoms with Crippen LogP contribution >= 0.6 is 7.92 Å². The van der Waals surface area contributed by atoms with Crippen molar-refractivity contribution in [2.24, 2.45) is 7.05 Å². The summed E-state index contributed by atoms with van der Waals surface area (Å²) in [6.07, 6.45) is 7.38. The molecule has 0 N–H and O–H groups in total. The van der Waals surface area contributed by atoms with Crippen LogP contribution in [0.25, 0.3) is 0 Å².